The second-order valence-corrected chi connectivity index (χ2v) is 9.17. The van der Waals surface area contributed by atoms with Crippen molar-refractivity contribution in [2.24, 2.45) is 0 Å². The Labute approximate surface area is 197 Å². The van der Waals surface area contributed by atoms with E-state index in [0.29, 0.717) is 34.8 Å². The van der Waals surface area contributed by atoms with Crippen LogP contribution in [0.3, 0.4) is 0 Å². The van der Waals surface area contributed by atoms with E-state index >= 15 is 0 Å². The molecule has 9 heteroatoms. The van der Waals surface area contributed by atoms with Crippen LogP contribution < -0.4 is 15.4 Å². The molecule has 4 rings (SSSR count). The number of nitrogens with zero attached hydrogens (tertiary/aromatic N) is 3. The zero-order valence-corrected chi connectivity index (χ0v) is 19.7. The molecule has 172 valence electrons. The fraction of sp³-hybridized carbons (Fsp3) is 0.333. The molecule has 0 bridgehead atoms. The molecule has 1 fully saturated rings. The Hall–Kier alpha value is -3.33. The molecule has 0 radical (unpaired) electrons. The van der Waals surface area contributed by atoms with Crippen molar-refractivity contribution < 1.29 is 14.3 Å². The minimum atomic E-state index is -0.423. The van der Waals surface area contributed by atoms with E-state index in [1.165, 1.54) is 18.7 Å². The molecule has 8 nitrogen and oxygen atoms in total. The second kappa shape index (κ2) is 10.1. The Morgan fingerprint density at radius 3 is 2.67 bits per heavy atom. The Bertz CT molecular complexity index is 1160. The van der Waals surface area contributed by atoms with Crippen LogP contribution in [0, 0.1) is 0 Å². The quantitative estimate of drug-likeness (QED) is 0.448. The molecule has 1 saturated carbocycles. The first-order chi connectivity index (χ1) is 16.0. The zero-order valence-electron chi connectivity index (χ0n) is 18.9. The first-order valence-electron chi connectivity index (χ1n) is 11.0. The minimum absolute atomic E-state index is 0.134. The molecule has 1 heterocycles. The molecule has 3 aromatic rings. The van der Waals surface area contributed by atoms with Crippen molar-refractivity contribution in [3.8, 4) is 11.4 Å². The van der Waals surface area contributed by atoms with Gasteiger partial charge in [-0.2, -0.15) is 0 Å². The third-order valence-electron chi connectivity index (χ3n) is 5.12. The van der Waals surface area contributed by atoms with Gasteiger partial charge in [-0.05, 0) is 57.0 Å². The number of ether oxygens (including phenoxy) is 1. The normalized spacial score (nSPS) is 13.9. The van der Waals surface area contributed by atoms with Crippen molar-refractivity contribution in [2.45, 2.75) is 49.9 Å². The van der Waals surface area contributed by atoms with Crippen molar-refractivity contribution in [1.29, 1.82) is 0 Å². The van der Waals surface area contributed by atoms with Gasteiger partial charge in [0.15, 0.2) is 5.16 Å². The summed E-state index contributed by atoms with van der Waals surface area (Å²) in [6.45, 7) is 5.74. The van der Waals surface area contributed by atoms with Crippen LogP contribution in [0.15, 0.2) is 53.7 Å². The highest BCUT2D eigenvalue weighted by atomic mass is 32.2. The van der Waals surface area contributed by atoms with Crippen LogP contribution in [0.25, 0.3) is 5.69 Å². The maximum Gasteiger partial charge on any atom is 0.237 e. The van der Waals surface area contributed by atoms with Crippen molar-refractivity contribution in [3.63, 3.8) is 0 Å². The van der Waals surface area contributed by atoms with Gasteiger partial charge in [0, 0.05) is 18.5 Å². The van der Waals surface area contributed by atoms with E-state index in [-0.39, 0.29) is 11.8 Å². The highest BCUT2D eigenvalue weighted by molar-refractivity contribution is 8.00. The van der Waals surface area contributed by atoms with E-state index in [1.54, 1.807) is 0 Å². The predicted molar refractivity (Wildman–Crippen MR) is 129 cm³/mol. The standard InChI is InChI=1S/C24H27N5O3S/c1-4-32-21-11-6-5-10-20(21)26-23(31)15(2)33-24-28-27-22(17-12-13-17)29(24)19-9-7-8-18(14-19)25-16(3)30/h5-11,14-15,17H,4,12-13H2,1-3H3,(H,25,30)(H,26,31). The number of anilines is 2. The Morgan fingerprint density at radius 2 is 1.94 bits per heavy atom. The molecule has 1 unspecified atom stereocenters. The van der Waals surface area contributed by atoms with Crippen LogP contribution in [0.4, 0.5) is 11.4 Å². The van der Waals surface area contributed by atoms with Crippen LogP contribution in [-0.2, 0) is 9.59 Å². The summed E-state index contributed by atoms with van der Waals surface area (Å²) >= 11 is 1.35. The molecular formula is C24H27N5O3S. The number of thioether (sulfide) groups is 1. The van der Waals surface area contributed by atoms with Gasteiger partial charge in [0.05, 0.1) is 23.2 Å². The minimum Gasteiger partial charge on any atom is -0.492 e. The molecule has 33 heavy (non-hydrogen) atoms. The summed E-state index contributed by atoms with van der Waals surface area (Å²) in [6.07, 6.45) is 2.14. The van der Waals surface area contributed by atoms with Gasteiger partial charge in [-0.1, -0.05) is 30.0 Å². The number of amides is 2. The summed E-state index contributed by atoms with van der Waals surface area (Å²) in [5, 5.41) is 14.8. The average molecular weight is 466 g/mol. The number of carbonyl (C=O) groups excluding carboxylic acids is 2. The maximum absolute atomic E-state index is 13.0. The summed E-state index contributed by atoms with van der Waals surface area (Å²) < 4.78 is 7.60. The molecule has 2 amide bonds. The lowest BCUT2D eigenvalue weighted by Gasteiger charge is -2.16. The number of rotatable bonds is 9. The highest BCUT2D eigenvalue weighted by Crippen LogP contribution is 2.41. The number of aromatic nitrogens is 3. The van der Waals surface area contributed by atoms with Crippen LogP contribution in [-0.4, -0.2) is 38.4 Å². The predicted octanol–water partition coefficient (Wildman–Crippen LogP) is 4.62. The lowest BCUT2D eigenvalue weighted by molar-refractivity contribution is -0.115. The molecule has 2 aromatic carbocycles. The van der Waals surface area contributed by atoms with Crippen LogP contribution in [0.1, 0.15) is 45.4 Å². The average Bonchev–Trinajstić information content (AvgIpc) is 3.55. The fourth-order valence-electron chi connectivity index (χ4n) is 3.43. The number of nitrogens with one attached hydrogen (secondary N) is 2. The largest absolute Gasteiger partial charge is 0.492 e. The zero-order chi connectivity index (χ0) is 23.4. The third kappa shape index (κ3) is 5.54. The van der Waals surface area contributed by atoms with Gasteiger partial charge in [-0.25, -0.2) is 0 Å². The molecule has 1 aliphatic rings. The molecule has 2 N–H and O–H groups in total. The first-order valence-corrected chi connectivity index (χ1v) is 11.9. The maximum atomic E-state index is 13.0. The SMILES string of the molecule is CCOc1ccccc1NC(=O)C(C)Sc1nnc(C2CC2)n1-c1cccc(NC(C)=O)c1. The topological polar surface area (TPSA) is 98.1 Å². The molecular weight excluding hydrogens is 438 g/mol. The molecule has 1 aromatic heterocycles. The Kier molecular flexibility index (Phi) is 6.98. The van der Waals surface area contributed by atoms with Gasteiger partial charge in [0.1, 0.15) is 11.6 Å². The summed E-state index contributed by atoms with van der Waals surface area (Å²) in [6, 6.07) is 14.9. The van der Waals surface area contributed by atoms with Crippen molar-refractivity contribution in [1.82, 2.24) is 14.8 Å². The molecule has 1 aliphatic carbocycles. The Morgan fingerprint density at radius 1 is 1.15 bits per heavy atom. The number of benzene rings is 2. The van der Waals surface area contributed by atoms with Crippen molar-refractivity contribution >= 4 is 35.0 Å². The van der Waals surface area contributed by atoms with Crippen molar-refractivity contribution in [3.05, 3.63) is 54.4 Å². The molecule has 0 aliphatic heterocycles. The number of para-hydroxylation sites is 2. The van der Waals surface area contributed by atoms with Crippen LogP contribution in [0.5, 0.6) is 5.75 Å². The first kappa shape index (κ1) is 22.8. The summed E-state index contributed by atoms with van der Waals surface area (Å²) in [5.41, 5.74) is 2.19. The van der Waals surface area contributed by atoms with E-state index in [9.17, 15) is 9.59 Å². The van der Waals surface area contributed by atoms with Crippen molar-refractivity contribution in [2.75, 3.05) is 17.2 Å². The van der Waals surface area contributed by atoms with E-state index in [1.807, 2.05) is 66.9 Å². The third-order valence-corrected chi connectivity index (χ3v) is 6.16. The summed E-state index contributed by atoms with van der Waals surface area (Å²) in [5.74, 6) is 1.59. The number of hydrogen-bond acceptors (Lipinski definition) is 6. The molecule has 0 saturated heterocycles. The van der Waals surface area contributed by atoms with E-state index in [2.05, 4.69) is 20.8 Å². The molecule has 0 spiro atoms. The van der Waals surface area contributed by atoms with Gasteiger partial charge >= 0.3 is 0 Å². The van der Waals surface area contributed by atoms with Gasteiger partial charge in [0.2, 0.25) is 11.8 Å². The lowest BCUT2D eigenvalue weighted by Crippen LogP contribution is -2.23. The summed E-state index contributed by atoms with van der Waals surface area (Å²) in [7, 11) is 0. The Balaban J connectivity index is 1.56. The summed E-state index contributed by atoms with van der Waals surface area (Å²) in [4.78, 5) is 24.5. The van der Waals surface area contributed by atoms with E-state index in [0.717, 1.165) is 24.4 Å². The lowest BCUT2D eigenvalue weighted by atomic mass is 10.2. The van der Waals surface area contributed by atoms with Gasteiger partial charge in [-0.3, -0.25) is 14.2 Å². The highest BCUT2D eigenvalue weighted by Gasteiger charge is 2.32. The molecule has 1 atom stereocenters. The van der Waals surface area contributed by atoms with Crippen LogP contribution >= 0.6 is 11.8 Å². The number of hydrogen-bond donors (Lipinski definition) is 2. The van der Waals surface area contributed by atoms with Crippen LogP contribution in [0.2, 0.25) is 0 Å². The number of carbonyl (C=O) groups is 2. The smallest absolute Gasteiger partial charge is 0.237 e. The second-order valence-electron chi connectivity index (χ2n) is 7.86. The van der Waals surface area contributed by atoms with E-state index < -0.39 is 5.25 Å². The fourth-order valence-corrected chi connectivity index (χ4v) is 4.30. The van der Waals surface area contributed by atoms with E-state index in [4.69, 9.17) is 4.74 Å². The monoisotopic (exact) mass is 465 g/mol. The van der Waals surface area contributed by atoms with Gasteiger partial charge in [0.25, 0.3) is 0 Å². The van der Waals surface area contributed by atoms with Gasteiger partial charge in [-0.15, -0.1) is 10.2 Å². The van der Waals surface area contributed by atoms with Gasteiger partial charge < -0.3 is 15.4 Å².